The number of hydrogen-bond donors (Lipinski definition) is 1. The topological polar surface area (TPSA) is 23.5 Å². The maximum absolute atomic E-state index is 9.59. The zero-order valence-corrected chi connectivity index (χ0v) is 11.2. The van der Waals surface area contributed by atoms with E-state index in [1.165, 1.54) is 19.3 Å². The second kappa shape index (κ2) is 6.05. The van der Waals surface area contributed by atoms with Crippen molar-refractivity contribution in [1.82, 2.24) is 4.90 Å². The highest BCUT2D eigenvalue weighted by Crippen LogP contribution is 2.31. The number of hydrogen-bond acceptors (Lipinski definition) is 2. The molecule has 0 aromatic heterocycles. The second-order valence-electron chi connectivity index (χ2n) is 4.46. The Kier molecular flexibility index (Phi) is 4.69. The van der Waals surface area contributed by atoms with Crippen LogP contribution in [0, 0.1) is 0 Å². The Morgan fingerprint density at radius 3 is 2.47 bits per heavy atom. The standard InChI is InChI=1S/C13H17Cl2NO/c14-10-4-5-11(12(15)8-10)13(9-17)16-6-2-1-3-7-16/h4-5,8,13,17H,1-3,6-7,9H2/t13-/m1/s1. The summed E-state index contributed by atoms with van der Waals surface area (Å²) >= 11 is 12.1. The van der Waals surface area contributed by atoms with E-state index in [9.17, 15) is 5.11 Å². The number of nitrogens with zero attached hydrogens (tertiary/aromatic N) is 1. The van der Waals surface area contributed by atoms with Gasteiger partial charge in [-0.05, 0) is 43.6 Å². The van der Waals surface area contributed by atoms with Crippen LogP contribution in [0.25, 0.3) is 0 Å². The lowest BCUT2D eigenvalue weighted by atomic mass is 10.0. The van der Waals surface area contributed by atoms with Crippen molar-refractivity contribution in [3.8, 4) is 0 Å². The smallest absolute Gasteiger partial charge is 0.0629 e. The molecular weight excluding hydrogens is 257 g/mol. The van der Waals surface area contributed by atoms with Gasteiger partial charge in [-0.25, -0.2) is 0 Å². The summed E-state index contributed by atoms with van der Waals surface area (Å²) in [4.78, 5) is 2.30. The molecule has 1 heterocycles. The van der Waals surface area contributed by atoms with Crippen LogP contribution >= 0.6 is 23.2 Å². The Hall–Kier alpha value is -0.280. The van der Waals surface area contributed by atoms with Crippen LogP contribution < -0.4 is 0 Å². The van der Waals surface area contributed by atoms with Gasteiger partial charge in [-0.15, -0.1) is 0 Å². The lowest BCUT2D eigenvalue weighted by Crippen LogP contribution is -2.35. The predicted molar refractivity (Wildman–Crippen MR) is 71.7 cm³/mol. The maximum atomic E-state index is 9.59. The molecule has 17 heavy (non-hydrogen) atoms. The first kappa shape index (κ1) is 13.2. The van der Waals surface area contributed by atoms with Gasteiger partial charge in [-0.3, -0.25) is 4.90 Å². The van der Waals surface area contributed by atoms with Crippen LogP contribution in [0.1, 0.15) is 30.9 Å². The minimum atomic E-state index is 0.0000617. The summed E-state index contributed by atoms with van der Waals surface area (Å²) in [6.45, 7) is 2.16. The number of benzene rings is 1. The average molecular weight is 274 g/mol. The third kappa shape index (κ3) is 3.14. The molecule has 1 atom stereocenters. The van der Waals surface area contributed by atoms with Gasteiger partial charge in [0.1, 0.15) is 0 Å². The number of piperidine rings is 1. The number of likely N-dealkylation sites (tertiary alicyclic amines) is 1. The number of halogens is 2. The highest BCUT2D eigenvalue weighted by Gasteiger charge is 2.23. The SMILES string of the molecule is OC[C@H](c1ccc(Cl)cc1Cl)N1CCCCC1. The Balaban J connectivity index is 2.21. The Morgan fingerprint density at radius 1 is 1.18 bits per heavy atom. The van der Waals surface area contributed by atoms with E-state index >= 15 is 0 Å². The van der Waals surface area contributed by atoms with Crippen molar-refractivity contribution in [3.05, 3.63) is 33.8 Å². The quantitative estimate of drug-likeness (QED) is 0.911. The van der Waals surface area contributed by atoms with Gasteiger partial charge in [-0.2, -0.15) is 0 Å². The molecule has 1 aromatic carbocycles. The van der Waals surface area contributed by atoms with Crippen LogP contribution in [-0.2, 0) is 0 Å². The van der Waals surface area contributed by atoms with E-state index in [4.69, 9.17) is 23.2 Å². The fourth-order valence-electron chi connectivity index (χ4n) is 2.41. The van der Waals surface area contributed by atoms with E-state index in [1.54, 1.807) is 6.07 Å². The van der Waals surface area contributed by atoms with Gasteiger partial charge in [0.25, 0.3) is 0 Å². The molecule has 0 saturated carbocycles. The summed E-state index contributed by atoms with van der Waals surface area (Å²) in [6.07, 6.45) is 3.67. The van der Waals surface area contributed by atoms with Crippen LogP contribution in [0.4, 0.5) is 0 Å². The monoisotopic (exact) mass is 273 g/mol. The molecule has 94 valence electrons. The molecule has 2 nitrogen and oxygen atoms in total. The molecule has 0 bridgehead atoms. The Labute approximate surface area is 112 Å². The molecule has 4 heteroatoms. The summed E-state index contributed by atoms with van der Waals surface area (Å²) in [5.74, 6) is 0. The van der Waals surface area contributed by atoms with Gasteiger partial charge >= 0.3 is 0 Å². The summed E-state index contributed by atoms with van der Waals surface area (Å²) in [5, 5.41) is 10.9. The Bertz CT molecular complexity index is 378. The molecule has 0 unspecified atom stereocenters. The lowest BCUT2D eigenvalue weighted by Gasteiger charge is -2.34. The number of aliphatic hydroxyl groups excluding tert-OH is 1. The van der Waals surface area contributed by atoms with Crippen LogP contribution in [0.3, 0.4) is 0 Å². The maximum Gasteiger partial charge on any atom is 0.0629 e. The molecule has 0 spiro atoms. The largest absolute Gasteiger partial charge is 0.394 e. The normalized spacial score (nSPS) is 19.2. The highest BCUT2D eigenvalue weighted by atomic mass is 35.5. The molecule has 1 saturated heterocycles. The summed E-state index contributed by atoms with van der Waals surface area (Å²) < 4.78 is 0. The fraction of sp³-hybridized carbons (Fsp3) is 0.538. The van der Waals surface area contributed by atoms with E-state index in [-0.39, 0.29) is 12.6 Å². The molecule has 1 N–H and O–H groups in total. The van der Waals surface area contributed by atoms with Crippen molar-refractivity contribution in [1.29, 1.82) is 0 Å². The van der Waals surface area contributed by atoms with E-state index < -0.39 is 0 Å². The predicted octanol–water partition coefficient (Wildman–Crippen LogP) is 3.51. The van der Waals surface area contributed by atoms with Crippen molar-refractivity contribution in [2.45, 2.75) is 25.3 Å². The van der Waals surface area contributed by atoms with Crippen molar-refractivity contribution in [2.24, 2.45) is 0 Å². The van der Waals surface area contributed by atoms with E-state index in [0.717, 1.165) is 18.7 Å². The molecule has 0 radical (unpaired) electrons. The first-order chi connectivity index (χ1) is 8.22. The third-order valence-electron chi connectivity index (χ3n) is 3.33. The van der Waals surface area contributed by atoms with Crippen LogP contribution in [0.5, 0.6) is 0 Å². The molecule has 1 aliphatic heterocycles. The zero-order valence-electron chi connectivity index (χ0n) is 9.70. The average Bonchev–Trinajstić information content (AvgIpc) is 2.34. The molecule has 1 aliphatic rings. The summed E-state index contributed by atoms with van der Waals surface area (Å²) in [7, 11) is 0. The van der Waals surface area contributed by atoms with Gasteiger partial charge in [0, 0.05) is 10.0 Å². The van der Waals surface area contributed by atoms with Crippen molar-refractivity contribution >= 4 is 23.2 Å². The van der Waals surface area contributed by atoms with Gasteiger partial charge in [-0.1, -0.05) is 35.7 Å². The third-order valence-corrected chi connectivity index (χ3v) is 3.89. The van der Waals surface area contributed by atoms with Gasteiger partial charge in [0.05, 0.1) is 12.6 Å². The minimum Gasteiger partial charge on any atom is -0.394 e. The fourth-order valence-corrected chi connectivity index (χ4v) is 2.95. The van der Waals surface area contributed by atoms with Crippen molar-refractivity contribution in [2.75, 3.05) is 19.7 Å². The molecule has 1 fully saturated rings. The van der Waals surface area contributed by atoms with Gasteiger partial charge in [0.2, 0.25) is 0 Å². The van der Waals surface area contributed by atoms with Crippen molar-refractivity contribution in [3.63, 3.8) is 0 Å². The first-order valence-electron chi connectivity index (χ1n) is 6.02. The van der Waals surface area contributed by atoms with E-state index in [1.807, 2.05) is 12.1 Å². The Morgan fingerprint density at radius 2 is 1.88 bits per heavy atom. The van der Waals surface area contributed by atoms with E-state index in [2.05, 4.69) is 4.90 Å². The first-order valence-corrected chi connectivity index (χ1v) is 6.78. The van der Waals surface area contributed by atoms with Gasteiger partial charge in [0.15, 0.2) is 0 Å². The molecule has 0 amide bonds. The van der Waals surface area contributed by atoms with Crippen LogP contribution in [-0.4, -0.2) is 29.7 Å². The zero-order chi connectivity index (χ0) is 12.3. The molecule has 2 rings (SSSR count). The van der Waals surface area contributed by atoms with Crippen LogP contribution in [0.15, 0.2) is 18.2 Å². The molecular formula is C13H17Cl2NO. The van der Waals surface area contributed by atoms with Gasteiger partial charge < -0.3 is 5.11 Å². The molecule has 0 aliphatic carbocycles. The number of rotatable bonds is 3. The second-order valence-corrected chi connectivity index (χ2v) is 5.30. The number of aliphatic hydroxyl groups is 1. The summed E-state index contributed by atoms with van der Waals surface area (Å²) in [6, 6.07) is 5.49. The minimum absolute atomic E-state index is 0.0000617. The van der Waals surface area contributed by atoms with E-state index in [0.29, 0.717) is 10.0 Å². The van der Waals surface area contributed by atoms with Crippen molar-refractivity contribution < 1.29 is 5.11 Å². The lowest BCUT2D eigenvalue weighted by molar-refractivity contribution is 0.104. The molecule has 1 aromatic rings. The van der Waals surface area contributed by atoms with Crippen LogP contribution in [0.2, 0.25) is 10.0 Å². The highest BCUT2D eigenvalue weighted by molar-refractivity contribution is 6.35. The summed E-state index contributed by atoms with van der Waals surface area (Å²) in [5.41, 5.74) is 0.973.